The van der Waals surface area contributed by atoms with Crippen LogP contribution in [0.15, 0.2) is 29.3 Å². The van der Waals surface area contributed by atoms with E-state index in [1.54, 1.807) is 19.3 Å². The van der Waals surface area contributed by atoms with Gasteiger partial charge in [-0.3, -0.25) is 9.89 Å². The molecule has 0 saturated carbocycles. The Morgan fingerprint density at radius 3 is 2.83 bits per heavy atom. The maximum atomic E-state index is 14.1. The van der Waals surface area contributed by atoms with Crippen LogP contribution in [0, 0.1) is 11.6 Å². The Bertz CT molecular complexity index is 1000. The van der Waals surface area contributed by atoms with Crippen LogP contribution in [-0.2, 0) is 24.9 Å². The van der Waals surface area contributed by atoms with Gasteiger partial charge in [-0.05, 0) is 30.7 Å². The number of hydrogen-bond donors (Lipinski definition) is 2. The van der Waals surface area contributed by atoms with E-state index < -0.39 is 23.8 Å². The molecule has 2 aliphatic rings. The number of hydrogen-bond acceptors (Lipinski definition) is 6. The van der Waals surface area contributed by atoms with Gasteiger partial charge in [-0.2, -0.15) is 0 Å². The Hall–Kier alpha value is -2.62. The molecule has 9 heteroatoms. The molecule has 2 aliphatic heterocycles. The molecule has 0 radical (unpaired) electrons. The van der Waals surface area contributed by atoms with Crippen LogP contribution in [-0.4, -0.2) is 46.4 Å². The molecule has 7 nitrogen and oxygen atoms in total. The van der Waals surface area contributed by atoms with E-state index in [4.69, 9.17) is 21.2 Å². The van der Waals surface area contributed by atoms with E-state index in [2.05, 4.69) is 9.89 Å². The summed E-state index contributed by atoms with van der Waals surface area (Å²) >= 11 is 0. The lowest BCUT2D eigenvalue weighted by Gasteiger charge is -2.38. The van der Waals surface area contributed by atoms with Crippen LogP contribution in [0.1, 0.15) is 35.3 Å². The highest BCUT2D eigenvalue weighted by Crippen LogP contribution is 2.34. The first-order valence-corrected chi connectivity index (χ1v) is 9.88. The summed E-state index contributed by atoms with van der Waals surface area (Å²) in [4.78, 5) is 10.9. The predicted molar refractivity (Wildman–Crippen MR) is 110 cm³/mol. The van der Waals surface area contributed by atoms with Crippen molar-refractivity contribution in [1.82, 2.24) is 14.5 Å². The van der Waals surface area contributed by atoms with Gasteiger partial charge in [0.1, 0.15) is 17.7 Å². The van der Waals surface area contributed by atoms with Gasteiger partial charge in [0.05, 0.1) is 23.7 Å². The summed E-state index contributed by atoms with van der Waals surface area (Å²) in [6, 6.07) is 3.01. The van der Waals surface area contributed by atoms with Gasteiger partial charge in [0.2, 0.25) is 0 Å². The quantitative estimate of drug-likeness (QED) is 0.742. The second-order valence-corrected chi connectivity index (χ2v) is 7.80. The van der Waals surface area contributed by atoms with Gasteiger partial charge in [-0.1, -0.05) is 0 Å². The van der Waals surface area contributed by atoms with Crippen LogP contribution in [0.25, 0.3) is 5.70 Å². The van der Waals surface area contributed by atoms with Crippen molar-refractivity contribution in [1.29, 1.82) is 0 Å². The normalized spacial score (nSPS) is 25.2. The van der Waals surface area contributed by atoms with E-state index in [1.165, 1.54) is 6.07 Å². The number of allylic oxidation sites excluding steroid dienone is 1. The fourth-order valence-corrected chi connectivity index (χ4v) is 4.25. The van der Waals surface area contributed by atoms with E-state index in [0.717, 1.165) is 29.3 Å². The highest BCUT2D eigenvalue weighted by Gasteiger charge is 2.37. The van der Waals surface area contributed by atoms with Gasteiger partial charge in [0.25, 0.3) is 0 Å². The number of rotatable bonds is 4. The Morgan fingerprint density at radius 1 is 1.33 bits per heavy atom. The molecule has 0 amide bonds. The highest BCUT2D eigenvalue weighted by molar-refractivity contribution is 5.81. The average Bonchev–Trinajstić information content (AvgIpc) is 3.28. The zero-order valence-electron chi connectivity index (χ0n) is 17.1. The van der Waals surface area contributed by atoms with Gasteiger partial charge < -0.3 is 20.8 Å². The topological polar surface area (TPSA) is 94.7 Å². The SMILES string of the molecule is CN=CC=C(N)c1nc2c(n1C)CN([C@H]1CO[C@H](c3cc(F)ccc3F)[C@@H](N)C1)C2. The van der Waals surface area contributed by atoms with Gasteiger partial charge in [-0.25, -0.2) is 13.8 Å². The summed E-state index contributed by atoms with van der Waals surface area (Å²) in [5.74, 6) is -0.281. The van der Waals surface area contributed by atoms with E-state index >= 15 is 0 Å². The van der Waals surface area contributed by atoms with Crippen LogP contribution >= 0.6 is 0 Å². The van der Waals surface area contributed by atoms with E-state index in [9.17, 15) is 8.78 Å². The van der Waals surface area contributed by atoms with Crippen molar-refractivity contribution in [3.05, 3.63) is 58.7 Å². The molecule has 0 spiro atoms. The Kier molecular flexibility index (Phi) is 5.68. The summed E-state index contributed by atoms with van der Waals surface area (Å²) in [6.45, 7) is 1.76. The van der Waals surface area contributed by atoms with Gasteiger partial charge in [0.15, 0.2) is 5.82 Å². The van der Waals surface area contributed by atoms with Crippen molar-refractivity contribution in [2.75, 3.05) is 13.7 Å². The molecule has 1 saturated heterocycles. The predicted octanol–water partition coefficient (Wildman–Crippen LogP) is 1.87. The molecule has 160 valence electrons. The third-order valence-corrected chi connectivity index (χ3v) is 5.85. The highest BCUT2D eigenvalue weighted by atomic mass is 19.1. The van der Waals surface area contributed by atoms with Crippen molar-refractivity contribution in [3.8, 4) is 0 Å². The first-order chi connectivity index (χ1) is 14.4. The zero-order valence-corrected chi connectivity index (χ0v) is 17.1. The molecule has 4 rings (SSSR count). The Balaban J connectivity index is 1.45. The fraction of sp³-hybridized carbons (Fsp3) is 0.429. The van der Waals surface area contributed by atoms with Gasteiger partial charge in [-0.15, -0.1) is 0 Å². The van der Waals surface area contributed by atoms with Crippen LogP contribution in [0.5, 0.6) is 0 Å². The Morgan fingerprint density at radius 2 is 2.13 bits per heavy atom. The Labute approximate surface area is 174 Å². The standard InChI is InChI=1S/C21H26F2N6O/c1-26-6-5-16(24)21-27-18-9-29(10-19(18)28(21)2)13-8-17(25)20(30-11-13)14-7-12(22)3-4-15(14)23/h3-7,13,17,20H,8-11,24-25H2,1-2H3/t13-,17+,20-/m1/s1. The zero-order chi connectivity index (χ0) is 21.4. The molecule has 3 heterocycles. The minimum atomic E-state index is -0.656. The monoisotopic (exact) mass is 416 g/mol. The lowest BCUT2D eigenvalue weighted by Crippen LogP contribution is -2.47. The first kappa shape index (κ1) is 20.6. The number of imidazole rings is 1. The van der Waals surface area contributed by atoms with Crippen LogP contribution in [0.3, 0.4) is 0 Å². The van der Waals surface area contributed by atoms with Crippen molar-refractivity contribution in [2.24, 2.45) is 23.5 Å². The maximum absolute atomic E-state index is 14.1. The van der Waals surface area contributed by atoms with E-state index in [0.29, 0.717) is 31.8 Å². The van der Waals surface area contributed by atoms with Crippen LogP contribution in [0.2, 0.25) is 0 Å². The minimum Gasteiger partial charge on any atom is -0.396 e. The minimum absolute atomic E-state index is 0.0747. The molecule has 1 aromatic heterocycles. The largest absolute Gasteiger partial charge is 0.396 e. The number of aromatic nitrogens is 2. The maximum Gasteiger partial charge on any atom is 0.156 e. The molecular weight excluding hydrogens is 390 g/mol. The first-order valence-electron chi connectivity index (χ1n) is 9.88. The molecule has 1 aromatic carbocycles. The number of ether oxygens (including phenoxy) is 1. The second kappa shape index (κ2) is 8.25. The van der Waals surface area contributed by atoms with Gasteiger partial charge >= 0.3 is 0 Å². The number of aliphatic imine (C=N–C) groups is 1. The molecule has 4 N–H and O–H groups in total. The van der Waals surface area contributed by atoms with Crippen molar-refractivity contribution in [3.63, 3.8) is 0 Å². The summed E-state index contributed by atoms with van der Waals surface area (Å²) < 4.78 is 35.6. The lowest BCUT2D eigenvalue weighted by molar-refractivity contribution is -0.0535. The van der Waals surface area contributed by atoms with E-state index in [-0.39, 0.29) is 11.6 Å². The lowest BCUT2D eigenvalue weighted by atomic mass is 9.93. The van der Waals surface area contributed by atoms with Crippen LogP contribution in [0.4, 0.5) is 8.78 Å². The molecule has 2 aromatic rings. The molecule has 0 unspecified atom stereocenters. The number of halogens is 2. The number of nitrogens with two attached hydrogens (primary N) is 2. The molecule has 0 aliphatic carbocycles. The smallest absolute Gasteiger partial charge is 0.156 e. The van der Waals surface area contributed by atoms with Crippen molar-refractivity contribution >= 4 is 11.9 Å². The molecular formula is C21H26F2N6O. The molecule has 0 bridgehead atoms. The van der Waals surface area contributed by atoms with Crippen molar-refractivity contribution < 1.29 is 13.5 Å². The number of benzene rings is 1. The third kappa shape index (κ3) is 3.76. The van der Waals surface area contributed by atoms with Crippen LogP contribution < -0.4 is 11.5 Å². The van der Waals surface area contributed by atoms with E-state index in [1.807, 2.05) is 11.6 Å². The number of nitrogens with zero attached hydrogens (tertiary/aromatic N) is 4. The number of fused-ring (bicyclic) bond motifs is 1. The molecule has 30 heavy (non-hydrogen) atoms. The second-order valence-electron chi connectivity index (χ2n) is 7.80. The fourth-order valence-electron chi connectivity index (χ4n) is 4.25. The molecule has 3 atom stereocenters. The summed E-state index contributed by atoms with van der Waals surface area (Å²) in [6.07, 6.45) is 3.34. The summed E-state index contributed by atoms with van der Waals surface area (Å²) in [5, 5.41) is 0. The molecule has 1 fully saturated rings. The van der Waals surface area contributed by atoms with Crippen molar-refractivity contribution in [2.45, 2.75) is 37.7 Å². The third-order valence-electron chi connectivity index (χ3n) is 5.85. The summed E-state index contributed by atoms with van der Waals surface area (Å²) in [7, 11) is 3.63. The average molecular weight is 416 g/mol. The summed E-state index contributed by atoms with van der Waals surface area (Å²) in [5.41, 5.74) is 15.2. The van der Waals surface area contributed by atoms with Gasteiger partial charge in [0, 0.05) is 51.0 Å².